The molecule has 0 saturated heterocycles. The molecule has 0 aliphatic carbocycles. The van der Waals surface area contributed by atoms with Gasteiger partial charge in [-0.15, -0.1) is 0 Å². The second-order valence-electron chi connectivity index (χ2n) is 6.39. The number of amides is 1. The van der Waals surface area contributed by atoms with Gasteiger partial charge in [0.1, 0.15) is 11.9 Å². The van der Waals surface area contributed by atoms with Gasteiger partial charge in [-0.2, -0.15) is 0 Å². The van der Waals surface area contributed by atoms with E-state index in [1.54, 1.807) is 19.9 Å². The highest BCUT2D eigenvalue weighted by molar-refractivity contribution is 5.90. The number of hydrogen-bond donors (Lipinski definition) is 1. The maximum absolute atomic E-state index is 12.1. The van der Waals surface area contributed by atoms with E-state index in [0.29, 0.717) is 11.3 Å². The molecule has 1 amide bonds. The standard InChI is InChI=1S/C21H25NO5/c1-14(2)20(23)26-16(4)13-25-15(3)12-22-21(24)27-19-11-7-9-17-8-5-6-10-18(17)19/h5-11,15-16H,1,12-13H2,2-4H3,(H,22,24). The third kappa shape index (κ3) is 6.42. The molecule has 0 aliphatic heterocycles. The lowest BCUT2D eigenvalue weighted by Crippen LogP contribution is -2.35. The van der Waals surface area contributed by atoms with E-state index in [1.165, 1.54) is 0 Å². The van der Waals surface area contributed by atoms with Gasteiger partial charge in [-0.1, -0.05) is 43.0 Å². The summed E-state index contributed by atoms with van der Waals surface area (Å²) in [5, 5.41) is 4.54. The van der Waals surface area contributed by atoms with Crippen molar-refractivity contribution >= 4 is 22.8 Å². The molecule has 0 spiro atoms. The van der Waals surface area contributed by atoms with Crippen LogP contribution in [0.15, 0.2) is 54.6 Å². The highest BCUT2D eigenvalue weighted by atomic mass is 16.6. The van der Waals surface area contributed by atoms with E-state index >= 15 is 0 Å². The summed E-state index contributed by atoms with van der Waals surface area (Å²) in [7, 11) is 0. The van der Waals surface area contributed by atoms with Crippen molar-refractivity contribution in [3.05, 3.63) is 54.6 Å². The molecular formula is C21H25NO5. The van der Waals surface area contributed by atoms with Gasteiger partial charge in [0.2, 0.25) is 0 Å². The van der Waals surface area contributed by atoms with Crippen LogP contribution >= 0.6 is 0 Å². The van der Waals surface area contributed by atoms with Gasteiger partial charge in [0.15, 0.2) is 0 Å². The Balaban J connectivity index is 1.76. The molecule has 2 aromatic rings. The SMILES string of the molecule is C=C(C)C(=O)OC(C)COC(C)CNC(=O)Oc1cccc2ccccc12. The minimum atomic E-state index is -0.552. The maximum Gasteiger partial charge on any atom is 0.412 e. The molecule has 0 aromatic heterocycles. The zero-order valence-corrected chi connectivity index (χ0v) is 15.9. The number of rotatable bonds is 8. The summed E-state index contributed by atoms with van der Waals surface area (Å²) in [5.41, 5.74) is 0.341. The molecule has 2 atom stereocenters. The molecule has 0 fully saturated rings. The lowest BCUT2D eigenvalue weighted by Gasteiger charge is -2.18. The van der Waals surface area contributed by atoms with Gasteiger partial charge in [-0.25, -0.2) is 9.59 Å². The van der Waals surface area contributed by atoms with Gasteiger partial charge in [0.05, 0.1) is 12.7 Å². The first kappa shape index (κ1) is 20.5. The lowest BCUT2D eigenvalue weighted by atomic mass is 10.1. The summed E-state index contributed by atoms with van der Waals surface area (Å²) < 4.78 is 16.1. The predicted octanol–water partition coefficient (Wildman–Crippen LogP) is 3.84. The number of benzene rings is 2. The van der Waals surface area contributed by atoms with Crippen LogP contribution in [0.5, 0.6) is 5.75 Å². The van der Waals surface area contributed by atoms with Crippen LogP contribution in [0, 0.1) is 0 Å². The van der Waals surface area contributed by atoms with Crippen LogP contribution in [-0.4, -0.2) is 37.4 Å². The van der Waals surface area contributed by atoms with Crippen molar-refractivity contribution in [2.75, 3.05) is 13.2 Å². The molecule has 6 nitrogen and oxygen atoms in total. The molecule has 2 unspecified atom stereocenters. The second kappa shape index (κ2) is 9.73. The first-order valence-corrected chi connectivity index (χ1v) is 8.78. The normalized spacial score (nSPS) is 12.9. The van der Waals surface area contributed by atoms with Gasteiger partial charge in [-0.05, 0) is 32.2 Å². The number of esters is 1. The number of ether oxygens (including phenoxy) is 3. The Morgan fingerprint density at radius 1 is 1.07 bits per heavy atom. The van der Waals surface area contributed by atoms with E-state index in [2.05, 4.69) is 11.9 Å². The van der Waals surface area contributed by atoms with Crippen molar-refractivity contribution < 1.29 is 23.8 Å². The monoisotopic (exact) mass is 371 g/mol. The Labute approximate surface area is 159 Å². The largest absolute Gasteiger partial charge is 0.457 e. The van der Waals surface area contributed by atoms with Gasteiger partial charge in [-0.3, -0.25) is 0 Å². The molecule has 2 rings (SSSR count). The highest BCUT2D eigenvalue weighted by Gasteiger charge is 2.13. The summed E-state index contributed by atoms with van der Waals surface area (Å²) >= 11 is 0. The molecule has 0 heterocycles. The number of nitrogens with one attached hydrogen (secondary N) is 1. The van der Waals surface area contributed by atoms with Crippen molar-refractivity contribution in [2.24, 2.45) is 0 Å². The average Bonchev–Trinajstić information content (AvgIpc) is 2.65. The zero-order valence-electron chi connectivity index (χ0n) is 15.9. The van der Waals surface area contributed by atoms with Crippen LogP contribution in [0.3, 0.4) is 0 Å². The maximum atomic E-state index is 12.1. The van der Waals surface area contributed by atoms with Crippen molar-refractivity contribution in [1.82, 2.24) is 5.32 Å². The minimum Gasteiger partial charge on any atom is -0.457 e. The Morgan fingerprint density at radius 3 is 2.52 bits per heavy atom. The number of carbonyl (C=O) groups excluding carboxylic acids is 2. The number of carbonyl (C=O) groups is 2. The summed E-state index contributed by atoms with van der Waals surface area (Å²) in [6.07, 6.45) is -1.22. The number of fused-ring (bicyclic) bond motifs is 1. The summed E-state index contributed by atoms with van der Waals surface area (Å²) in [6.45, 7) is 9.15. The Kier molecular flexibility index (Phi) is 7.37. The van der Waals surface area contributed by atoms with Crippen LogP contribution in [0.1, 0.15) is 20.8 Å². The minimum absolute atomic E-state index is 0.222. The van der Waals surface area contributed by atoms with E-state index < -0.39 is 18.2 Å². The number of hydrogen-bond acceptors (Lipinski definition) is 5. The highest BCUT2D eigenvalue weighted by Crippen LogP contribution is 2.25. The molecule has 1 N–H and O–H groups in total. The van der Waals surface area contributed by atoms with E-state index in [0.717, 1.165) is 10.8 Å². The van der Waals surface area contributed by atoms with E-state index in [9.17, 15) is 9.59 Å². The van der Waals surface area contributed by atoms with Crippen LogP contribution < -0.4 is 10.1 Å². The lowest BCUT2D eigenvalue weighted by molar-refractivity contribution is -0.147. The Bertz CT molecular complexity index is 812. The molecule has 0 radical (unpaired) electrons. The Morgan fingerprint density at radius 2 is 1.78 bits per heavy atom. The van der Waals surface area contributed by atoms with Crippen LogP contribution in [0.4, 0.5) is 4.79 Å². The molecule has 0 aliphatic rings. The third-order valence-corrected chi connectivity index (χ3v) is 3.76. The fraction of sp³-hybridized carbons (Fsp3) is 0.333. The third-order valence-electron chi connectivity index (χ3n) is 3.76. The quantitative estimate of drug-likeness (QED) is 0.564. The first-order chi connectivity index (χ1) is 12.9. The van der Waals surface area contributed by atoms with Gasteiger partial charge in [0, 0.05) is 17.5 Å². The predicted molar refractivity (Wildman–Crippen MR) is 104 cm³/mol. The van der Waals surface area contributed by atoms with Crippen molar-refractivity contribution in [1.29, 1.82) is 0 Å². The van der Waals surface area contributed by atoms with Crippen LogP contribution in [0.2, 0.25) is 0 Å². The summed E-state index contributed by atoms with van der Waals surface area (Å²) in [5.74, 6) is 0.0510. The fourth-order valence-corrected chi connectivity index (χ4v) is 2.32. The zero-order chi connectivity index (χ0) is 19.8. The summed E-state index contributed by atoms with van der Waals surface area (Å²) in [6, 6.07) is 13.2. The second-order valence-corrected chi connectivity index (χ2v) is 6.39. The molecule has 2 aromatic carbocycles. The molecule has 144 valence electrons. The average molecular weight is 371 g/mol. The van der Waals surface area contributed by atoms with E-state index in [-0.39, 0.29) is 19.3 Å². The molecular weight excluding hydrogens is 346 g/mol. The van der Waals surface area contributed by atoms with Crippen molar-refractivity contribution in [3.8, 4) is 5.75 Å². The van der Waals surface area contributed by atoms with E-state index in [4.69, 9.17) is 14.2 Å². The molecule has 6 heteroatoms. The van der Waals surface area contributed by atoms with Gasteiger partial charge in [0.25, 0.3) is 0 Å². The first-order valence-electron chi connectivity index (χ1n) is 8.78. The van der Waals surface area contributed by atoms with Gasteiger partial charge >= 0.3 is 12.1 Å². The van der Waals surface area contributed by atoms with Crippen LogP contribution in [0.25, 0.3) is 10.8 Å². The Hall–Kier alpha value is -2.86. The smallest absolute Gasteiger partial charge is 0.412 e. The molecule has 27 heavy (non-hydrogen) atoms. The topological polar surface area (TPSA) is 73.9 Å². The van der Waals surface area contributed by atoms with Gasteiger partial charge < -0.3 is 19.5 Å². The molecule has 0 saturated carbocycles. The molecule has 0 bridgehead atoms. The summed E-state index contributed by atoms with van der Waals surface area (Å²) in [4.78, 5) is 23.5. The van der Waals surface area contributed by atoms with E-state index in [1.807, 2.05) is 43.3 Å². The van der Waals surface area contributed by atoms with Crippen molar-refractivity contribution in [3.63, 3.8) is 0 Å². The fourth-order valence-electron chi connectivity index (χ4n) is 2.32. The van der Waals surface area contributed by atoms with Crippen molar-refractivity contribution in [2.45, 2.75) is 33.0 Å². The van der Waals surface area contributed by atoms with Crippen LogP contribution in [-0.2, 0) is 14.3 Å².